The summed E-state index contributed by atoms with van der Waals surface area (Å²) in [7, 11) is 0. The molecule has 1 radical (unpaired) electrons. The molecule has 1 unspecified atom stereocenters. The Balaban J connectivity index is 1.86. The van der Waals surface area contributed by atoms with Crippen molar-refractivity contribution < 1.29 is 24.9 Å². The lowest BCUT2D eigenvalue weighted by atomic mass is 10.0. The maximum Gasteiger partial charge on any atom is 0.344 e. The van der Waals surface area contributed by atoms with Crippen LogP contribution < -0.4 is 0 Å². The van der Waals surface area contributed by atoms with Gasteiger partial charge in [0, 0.05) is 0 Å². The molecular formula is C21H17O5. The van der Waals surface area contributed by atoms with E-state index in [0.717, 1.165) is 23.3 Å². The summed E-state index contributed by atoms with van der Waals surface area (Å²) in [6.07, 6.45) is -2.55. The van der Waals surface area contributed by atoms with Gasteiger partial charge in [-0.3, -0.25) is 0 Å². The van der Waals surface area contributed by atoms with E-state index in [2.05, 4.69) is 0 Å². The monoisotopic (exact) mass is 349 g/mol. The third-order valence-electron chi connectivity index (χ3n) is 3.95. The number of phenolic OH excluding ortho intramolecular Hbond substituents is 2. The van der Waals surface area contributed by atoms with Crippen molar-refractivity contribution in [3.05, 3.63) is 95.6 Å². The smallest absolute Gasteiger partial charge is 0.344 e. The molecule has 26 heavy (non-hydrogen) atoms. The van der Waals surface area contributed by atoms with E-state index in [4.69, 9.17) is 4.74 Å². The number of esters is 1. The molecule has 0 fully saturated rings. The highest BCUT2D eigenvalue weighted by Gasteiger charge is 2.27. The van der Waals surface area contributed by atoms with Gasteiger partial charge in [-0.15, -0.1) is 0 Å². The zero-order valence-electron chi connectivity index (χ0n) is 13.8. The first-order valence-corrected chi connectivity index (χ1v) is 8.04. The van der Waals surface area contributed by atoms with Crippen molar-refractivity contribution in [2.75, 3.05) is 0 Å². The molecule has 0 aliphatic carbocycles. The van der Waals surface area contributed by atoms with Gasteiger partial charge >= 0.3 is 5.97 Å². The molecule has 0 aliphatic rings. The third kappa shape index (κ3) is 3.84. The highest BCUT2D eigenvalue weighted by atomic mass is 16.6. The second-order valence-corrected chi connectivity index (χ2v) is 5.77. The van der Waals surface area contributed by atoms with Crippen molar-refractivity contribution in [1.82, 2.24) is 0 Å². The van der Waals surface area contributed by atoms with Crippen molar-refractivity contribution >= 4 is 5.97 Å². The standard InChI is InChI=1S/C21H17O5/c22-17-12-11-16(13-18(17)23)19(24)21(25)26-20(14-7-3-1-4-8-14)15-9-5-2-6-10-15/h1-13,19-20,22-23H. The normalized spacial score (nSPS) is 11.9. The van der Waals surface area contributed by atoms with Crippen LogP contribution >= 0.6 is 0 Å². The topological polar surface area (TPSA) is 86.7 Å². The molecule has 2 N–H and O–H groups in total. The fourth-order valence-corrected chi connectivity index (χ4v) is 2.60. The molecule has 0 saturated carbocycles. The van der Waals surface area contributed by atoms with E-state index >= 15 is 0 Å². The van der Waals surface area contributed by atoms with Crippen molar-refractivity contribution in [3.8, 4) is 11.5 Å². The summed E-state index contributed by atoms with van der Waals surface area (Å²) >= 11 is 0. The second-order valence-electron chi connectivity index (χ2n) is 5.77. The quantitative estimate of drug-likeness (QED) is 0.540. The number of benzene rings is 3. The number of carbonyl (C=O) groups excluding carboxylic acids is 1. The summed E-state index contributed by atoms with van der Waals surface area (Å²) in [5.41, 5.74) is 1.51. The van der Waals surface area contributed by atoms with E-state index in [9.17, 15) is 20.1 Å². The molecule has 1 atom stereocenters. The molecule has 3 aromatic rings. The van der Waals surface area contributed by atoms with E-state index in [1.165, 1.54) is 6.07 Å². The van der Waals surface area contributed by atoms with E-state index in [1.807, 2.05) is 60.7 Å². The number of aromatic hydroxyl groups is 2. The van der Waals surface area contributed by atoms with Crippen molar-refractivity contribution in [2.45, 2.75) is 12.2 Å². The lowest BCUT2D eigenvalue weighted by Crippen LogP contribution is -2.18. The van der Waals surface area contributed by atoms with Crippen LogP contribution in [0.15, 0.2) is 78.9 Å². The van der Waals surface area contributed by atoms with Crippen LogP contribution in [0.4, 0.5) is 0 Å². The minimum Gasteiger partial charge on any atom is -0.504 e. The Morgan fingerprint density at radius 1 is 0.731 bits per heavy atom. The summed E-state index contributed by atoms with van der Waals surface area (Å²) in [6, 6.07) is 21.8. The number of carbonyl (C=O) groups is 1. The van der Waals surface area contributed by atoms with Gasteiger partial charge in [0.2, 0.25) is 6.10 Å². The van der Waals surface area contributed by atoms with Crippen LogP contribution in [0.3, 0.4) is 0 Å². The lowest BCUT2D eigenvalue weighted by molar-refractivity contribution is -0.162. The summed E-state index contributed by atoms with van der Waals surface area (Å²) < 4.78 is 5.51. The first-order chi connectivity index (χ1) is 12.6. The van der Waals surface area contributed by atoms with E-state index in [0.29, 0.717) is 0 Å². The predicted molar refractivity (Wildman–Crippen MR) is 94.0 cm³/mol. The molecule has 3 rings (SSSR count). The van der Waals surface area contributed by atoms with Crippen LogP contribution in [0, 0.1) is 0 Å². The number of hydrogen-bond acceptors (Lipinski definition) is 4. The SMILES string of the molecule is [O]C(C(=O)OC(c1ccccc1)c1ccccc1)c1ccc(O)c(O)c1. The summed E-state index contributed by atoms with van der Waals surface area (Å²) in [6.45, 7) is 0. The number of phenols is 2. The molecule has 5 heteroatoms. The molecule has 3 aromatic carbocycles. The zero-order valence-corrected chi connectivity index (χ0v) is 13.8. The van der Waals surface area contributed by atoms with E-state index in [-0.39, 0.29) is 11.3 Å². The number of hydrogen-bond donors (Lipinski definition) is 2. The summed E-state index contributed by atoms with van der Waals surface area (Å²) in [5, 5.41) is 31.3. The van der Waals surface area contributed by atoms with Gasteiger partial charge in [-0.2, -0.15) is 0 Å². The van der Waals surface area contributed by atoms with Crippen LogP contribution in [-0.2, 0) is 14.6 Å². The summed E-state index contributed by atoms with van der Waals surface area (Å²) in [4.78, 5) is 12.4. The molecular weight excluding hydrogens is 332 g/mol. The van der Waals surface area contributed by atoms with Gasteiger partial charge in [-0.25, -0.2) is 9.90 Å². The molecule has 0 aliphatic heterocycles. The second kappa shape index (κ2) is 7.72. The minimum atomic E-state index is -1.84. The number of ether oxygens (including phenoxy) is 1. The van der Waals surface area contributed by atoms with Crippen molar-refractivity contribution in [3.63, 3.8) is 0 Å². The Bertz CT molecular complexity index is 838. The molecule has 0 heterocycles. The molecule has 0 amide bonds. The Hall–Kier alpha value is -3.31. The van der Waals surface area contributed by atoms with Gasteiger partial charge in [-0.1, -0.05) is 66.7 Å². The molecule has 0 saturated heterocycles. The predicted octanol–water partition coefficient (Wildman–Crippen LogP) is 3.90. The van der Waals surface area contributed by atoms with E-state index in [1.54, 1.807) is 0 Å². The fraction of sp³-hybridized carbons (Fsp3) is 0.0952. The Morgan fingerprint density at radius 2 is 1.27 bits per heavy atom. The van der Waals surface area contributed by atoms with Gasteiger partial charge < -0.3 is 14.9 Å². The van der Waals surface area contributed by atoms with Crippen molar-refractivity contribution in [2.24, 2.45) is 0 Å². The molecule has 0 bridgehead atoms. The van der Waals surface area contributed by atoms with Gasteiger partial charge in [-0.05, 0) is 28.8 Å². The third-order valence-corrected chi connectivity index (χ3v) is 3.95. The Labute approximate surface area is 150 Å². The maximum absolute atomic E-state index is 12.4. The molecule has 131 valence electrons. The maximum atomic E-state index is 12.4. The Morgan fingerprint density at radius 3 is 1.77 bits per heavy atom. The van der Waals surface area contributed by atoms with Crippen LogP contribution in [0.5, 0.6) is 11.5 Å². The van der Waals surface area contributed by atoms with Gasteiger partial charge in [0.25, 0.3) is 0 Å². The van der Waals surface area contributed by atoms with Crippen LogP contribution in [-0.4, -0.2) is 16.2 Å². The van der Waals surface area contributed by atoms with Gasteiger partial charge in [0.1, 0.15) is 0 Å². The highest BCUT2D eigenvalue weighted by Crippen LogP contribution is 2.31. The van der Waals surface area contributed by atoms with E-state index < -0.39 is 23.9 Å². The molecule has 0 spiro atoms. The lowest BCUT2D eigenvalue weighted by Gasteiger charge is -2.20. The van der Waals surface area contributed by atoms with Gasteiger partial charge in [0.15, 0.2) is 17.6 Å². The van der Waals surface area contributed by atoms with Crippen LogP contribution in [0.25, 0.3) is 0 Å². The number of rotatable bonds is 5. The van der Waals surface area contributed by atoms with Crippen LogP contribution in [0.2, 0.25) is 0 Å². The fourth-order valence-electron chi connectivity index (χ4n) is 2.60. The largest absolute Gasteiger partial charge is 0.504 e. The van der Waals surface area contributed by atoms with Crippen LogP contribution in [0.1, 0.15) is 28.9 Å². The van der Waals surface area contributed by atoms with Crippen molar-refractivity contribution in [1.29, 1.82) is 0 Å². The summed E-state index contributed by atoms with van der Waals surface area (Å²) in [5.74, 6) is -1.78. The molecule has 0 aromatic heterocycles. The average molecular weight is 349 g/mol. The first kappa shape index (κ1) is 17.5. The minimum absolute atomic E-state index is 0.0187. The highest BCUT2D eigenvalue weighted by molar-refractivity contribution is 5.77. The average Bonchev–Trinajstić information content (AvgIpc) is 2.69. The van der Waals surface area contributed by atoms with Gasteiger partial charge in [0.05, 0.1) is 0 Å². The molecule has 5 nitrogen and oxygen atoms in total. The Kier molecular flexibility index (Phi) is 5.20. The first-order valence-electron chi connectivity index (χ1n) is 8.04. The zero-order chi connectivity index (χ0) is 18.5.